The van der Waals surface area contributed by atoms with Gasteiger partial charge in [0, 0.05) is 152 Å². The van der Waals surface area contributed by atoms with E-state index in [1.54, 1.807) is 76.7 Å². The molecule has 0 unspecified atom stereocenters. The monoisotopic (exact) mass is 1720 g/mol. The lowest BCUT2D eigenvalue weighted by molar-refractivity contribution is -0.129. The Kier molecular flexibility index (Phi) is 26.0. The van der Waals surface area contributed by atoms with Crippen LogP contribution in [0.2, 0.25) is 0 Å². The van der Waals surface area contributed by atoms with E-state index >= 15 is 0 Å². The molecule has 4 N–H and O–H groups in total. The van der Waals surface area contributed by atoms with Crippen molar-refractivity contribution in [1.82, 2.24) is 64.9 Å². The van der Waals surface area contributed by atoms with Crippen LogP contribution in [0.25, 0.3) is 0 Å². The quantitative estimate of drug-likeness (QED) is 0.0740. The van der Waals surface area contributed by atoms with E-state index in [1.807, 2.05) is 44.2 Å². The smallest absolute Gasteiger partial charge is 0.330 e. The highest BCUT2D eigenvalue weighted by molar-refractivity contribution is 9.10. The van der Waals surface area contributed by atoms with Crippen LogP contribution in [-0.4, -0.2) is 135 Å². The maximum atomic E-state index is 12.8. The van der Waals surface area contributed by atoms with Crippen LogP contribution in [-0.2, 0) is 133 Å². The van der Waals surface area contributed by atoms with Gasteiger partial charge in [0.2, 0.25) is 0 Å². The Morgan fingerprint density at radius 1 is 0.375 bits per heavy atom. The second-order valence-corrected chi connectivity index (χ2v) is 39.4. The van der Waals surface area contributed by atoms with Crippen LogP contribution < -0.4 is 30.7 Å². The molecule has 3 aliphatic heterocycles. The normalized spacial score (nSPS) is 32.5. The minimum Gasteiger partial charge on any atom is -0.515 e. The molecule has 13 aliphatic rings. The molecule has 8 fully saturated rings. The molecule has 18 rings (SSSR count). The Balaban J connectivity index is 0.000000171. The first-order valence-corrected chi connectivity index (χ1v) is 42.4. The molecular formula is C91H137BrN16O12. The third-order valence-electron chi connectivity index (χ3n) is 30.4. The lowest BCUT2D eigenvalue weighted by Gasteiger charge is -2.47. The molecule has 5 aromatic heterocycles. The first-order chi connectivity index (χ1) is 53.6. The zero-order valence-corrected chi connectivity index (χ0v) is 72.6. The van der Waals surface area contributed by atoms with Crippen molar-refractivity contribution in [3.63, 3.8) is 0 Å². The number of hydrogen-bond donors (Lipinski definition) is 4. The standard InChI is InChI=1S/C20H26N4O4.2C19H26N4O3.C14H19BrN2O.C14H20N2O.5CH4/c1-10-13-7-6-12-15(20(13,4)8-11(9-25)14(10)26)22-23(5)16(12)24-17(27)19(2,3)21-18(24)28;2*1-10-12-7-6-11-14(19(12,4)9-8-13(10)24)21-22(5)15(11)23-16(25)18(2,3)20-17(23)26;1-8-10-5-4-9-12(16-17(3)13(9)15)14(10,2)7-6-11(8)18;1-9-11-5-4-10-8-16(3)15-13(10)14(11,2)7-6-12(9)17;;;;;/h9-10,13,25H,6-8H2,1-5H3,(H,21,28);2*10,12H,6-9H2,1-5H3,(H,20,26);8,10H,4-7H2,1-3H3;8-9,11H,4-7H2,1-3H3;5*1H4/b11-9-;;;;;;;;;/t10-,13-,20-;2*10-,12-,19-;8-,10-,14-;9-,11-,14-;;;;;/m00000...../s1. The predicted molar refractivity (Wildman–Crippen MR) is 467 cm³/mol. The van der Waals surface area contributed by atoms with Gasteiger partial charge in [-0.25, -0.2) is 29.1 Å². The minimum atomic E-state index is -0.964. The van der Waals surface area contributed by atoms with Crippen LogP contribution in [0.1, 0.15) is 294 Å². The summed E-state index contributed by atoms with van der Waals surface area (Å²) in [6, 6.07) is -1.24. The number of aryl methyl sites for hydroxylation is 6. The molecule has 29 heteroatoms. The molecule has 8 heterocycles. The third kappa shape index (κ3) is 14.6. The number of fused-ring (bicyclic) bond motifs is 15. The van der Waals surface area contributed by atoms with Gasteiger partial charge < -0.3 is 21.1 Å². The number of imide groups is 3. The topological polar surface area (TPSA) is 343 Å². The van der Waals surface area contributed by atoms with Crippen LogP contribution in [0.15, 0.2) is 22.6 Å². The number of rotatable bonds is 3. The number of urea groups is 3. The van der Waals surface area contributed by atoms with Crippen molar-refractivity contribution in [2.75, 3.05) is 14.7 Å². The van der Waals surface area contributed by atoms with Crippen LogP contribution in [0, 0.1) is 59.2 Å². The summed E-state index contributed by atoms with van der Waals surface area (Å²) in [6.45, 7) is 31.4. The Hall–Kier alpha value is -8.76. The number of ketones is 5. The fourth-order valence-electron chi connectivity index (χ4n) is 23.7. The van der Waals surface area contributed by atoms with E-state index in [0.717, 1.165) is 135 Å². The SMILES string of the molecule is C.C.C.C.C.C[C@@H]1C(=O)/C(=C\O)C[C@]2(C)c3nn(C)c(N4C(=O)NC(C)(C)C4=O)c3CC[C@@H]12.C[C@@H]1C(=O)CC[C@]2(C)c3nn(C)c(Br)c3CC[C@@H]12.C[C@@H]1C(=O)CC[C@]2(C)c3nn(C)c(N4C(=O)NC(C)(C)C4=O)c3CC[C@@H]12.C[C@@H]1C(=O)CC[C@]2(C)c3nn(C)c(N4C(=O)NC(C)(C)C4=O)c3CC[C@@H]12.C[C@@H]1C(=O)CC[C@]2(C)c3nn(C)cc3CC[C@@H]12. The summed E-state index contributed by atoms with van der Waals surface area (Å²) in [4.78, 5) is 140. The van der Waals surface area contributed by atoms with Crippen molar-refractivity contribution in [2.24, 2.45) is 94.4 Å². The molecule has 0 spiro atoms. The highest BCUT2D eigenvalue weighted by Crippen LogP contribution is 2.58. The number of halogens is 1. The summed E-state index contributed by atoms with van der Waals surface area (Å²) in [7, 11) is 9.29. The molecule has 0 radical (unpaired) electrons. The zero-order valence-electron chi connectivity index (χ0n) is 71.0. The average Bonchev–Trinajstić information content (AvgIpc) is 1.54. The predicted octanol–water partition coefficient (Wildman–Crippen LogP) is 14.7. The van der Waals surface area contributed by atoms with E-state index in [4.69, 9.17) is 20.4 Å². The number of carbonyl (C=O) groups excluding carboxylic acids is 11. The van der Waals surface area contributed by atoms with Crippen molar-refractivity contribution in [2.45, 2.75) is 314 Å². The van der Waals surface area contributed by atoms with Gasteiger partial charge in [0.15, 0.2) is 5.78 Å². The number of aliphatic hydroxyl groups excluding tert-OH is 1. The fraction of sp³-hybridized carbons (Fsp3) is 0.692. The van der Waals surface area contributed by atoms with E-state index in [9.17, 15) is 57.8 Å². The van der Waals surface area contributed by atoms with Gasteiger partial charge in [-0.1, -0.05) is 106 Å². The lowest BCUT2D eigenvalue weighted by atomic mass is 9.55. The van der Waals surface area contributed by atoms with E-state index in [1.165, 1.54) is 37.2 Å². The number of nitrogens with one attached hydrogen (secondary N) is 3. The van der Waals surface area contributed by atoms with Gasteiger partial charge in [-0.15, -0.1) is 0 Å². The zero-order chi connectivity index (χ0) is 83.9. The molecule has 120 heavy (non-hydrogen) atoms. The van der Waals surface area contributed by atoms with E-state index in [2.05, 4.69) is 91.6 Å². The number of amides is 9. The van der Waals surface area contributed by atoms with Crippen LogP contribution in [0.4, 0.5) is 31.8 Å². The summed E-state index contributed by atoms with van der Waals surface area (Å²) in [5.74, 6) is 4.22. The molecule has 5 aromatic rings. The second kappa shape index (κ2) is 32.8. The number of Topliss-reactive ketones (excluding diaryl/α,β-unsaturated/α-hetero) is 5. The lowest BCUT2D eigenvalue weighted by Crippen LogP contribution is -2.48. The van der Waals surface area contributed by atoms with Gasteiger partial charge in [-0.2, -0.15) is 25.5 Å². The van der Waals surface area contributed by atoms with Crippen molar-refractivity contribution < 1.29 is 57.8 Å². The Bertz CT molecular complexity index is 4890. The van der Waals surface area contributed by atoms with E-state index < -0.39 is 40.1 Å². The number of carbonyl (C=O) groups is 11. The Morgan fingerprint density at radius 3 is 0.958 bits per heavy atom. The number of nitrogens with zero attached hydrogens (tertiary/aromatic N) is 13. The van der Waals surface area contributed by atoms with Crippen LogP contribution in [0.3, 0.4) is 0 Å². The van der Waals surface area contributed by atoms with Gasteiger partial charge in [-0.3, -0.25) is 61.8 Å². The molecule has 15 atom stereocenters. The number of allylic oxidation sites excluding steroid dienone is 1. The molecular weight excluding hydrogens is 1590 g/mol. The van der Waals surface area contributed by atoms with Crippen molar-refractivity contribution in [1.29, 1.82) is 0 Å². The highest BCUT2D eigenvalue weighted by atomic mass is 79.9. The molecule has 28 nitrogen and oxygen atoms in total. The second-order valence-electron chi connectivity index (χ2n) is 38.6. The van der Waals surface area contributed by atoms with Gasteiger partial charge in [-0.05, 0) is 189 Å². The van der Waals surface area contributed by atoms with Crippen molar-refractivity contribution in [3.05, 3.63) is 78.9 Å². The number of aliphatic hydroxyl groups is 1. The summed E-state index contributed by atoms with van der Waals surface area (Å²) in [5.41, 5.74) is 7.80. The first kappa shape index (κ1) is 95.1. The molecule has 5 saturated carbocycles. The van der Waals surface area contributed by atoms with E-state index in [0.29, 0.717) is 90.1 Å². The largest absolute Gasteiger partial charge is 0.515 e. The summed E-state index contributed by atoms with van der Waals surface area (Å²) >= 11 is 3.64. The number of aromatic nitrogens is 10. The molecule has 0 bridgehead atoms. The van der Waals surface area contributed by atoms with E-state index in [-0.39, 0.29) is 130 Å². The average molecular weight is 1730 g/mol. The van der Waals surface area contributed by atoms with Crippen LogP contribution >= 0.6 is 15.9 Å². The van der Waals surface area contributed by atoms with Crippen molar-refractivity contribution >= 4 is 98.1 Å². The van der Waals surface area contributed by atoms with Crippen molar-refractivity contribution in [3.8, 4) is 0 Å². The maximum Gasteiger partial charge on any atom is 0.330 e. The third-order valence-corrected chi connectivity index (χ3v) is 31.4. The molecule has 660 valence electrons. The molecule has 9 amide bonds. The molecule has 10 aliphatic carbocycles. The summed E-state index contributed by atoms with van der Waals surface area (Å²) < 4.78 is 9.90. The molecule has 3 saturated heterocycles. The highest BCUT2D eigenvalue weighted by Gasteiger charge is 2.59. The van der Waals surface area contributed by atoms with Gasteiger partial charge in [0.1, 0.15) is 61.8 Å². The summed E-state index contributed by atoms with van der Waals surface area (Å²) in [6.07, 6.45) is 18.5. The van der Waals surface area contributed by atoms with Gasteiger partial charge >= 0.3 is 18.1 Å². The fourth-order valence-corrected chi connectivity index (χ4v) is 24.1. The minimum absolute atomic E-state index is 0. The Morgan fingerprint density at radius 2 is 0.650 bits per heavy atom. The van der Waals surface area contributed by atoms with Crippen LogP contribution in [0.5, 0.6) is 0 Å². The summed E-state index contributed by atoms with van der Waals surface area (Å²) in [5, 5.41) is 41.4. The van der Waals surface area contributed by atoms with Gasteiger partial charge in [0.25, 0.3) is 17.7 Å². The maximum absolute atomic E-state index is 12.8. The molecule has 0 aromatic carbocycles. The Labute approximate surface area is 718 Å². The van der Waals surface area contributed by atoms with Gasteiger partial charge in [0.05, 0.1) is 34.7 Å². The first-order valence-electron chi connectivity index (χ1n) is 41.6. The number of anilines is 3. The number of hydrogen-bond acceptors (Lipinski definition) is 17.